The van der Waals surface area contributed by atoms with Gasteiger partial charge in [-0.15, -0.1) is 0 Å². The molecule has 0 radical (unpaired) electrons. The lowest BCUT2D eigenvalue weighted by atomic mass is 10.1. The summed E-state index contributed by atoms with van der Waals surface area (Å²) in [7, 11) is 0. The second-order valence-electron chi connectivity index (χ2n) is 6.93. The van der Waals surface area contributed by atoms with E-state index in [-0.39, 0.29) is 17.7 Å². The molecule has 0 N–H and O–H groups in total. The van der Waals surface area contributed by atoms with Gasteiger partial charge in [-0.1, -0.05) is 25.0 Å². The van der Waals surface area contributed by atoms with E-state index in [1.54, 1.807) is 0 Å². The Morgan fingerprint density at radius 2 is 1.78 bits per heavy atom. The number of anilines is 1. The van der Waals surface area contributed by atoms with E-state index in [4.69, 9.17) is 0 Å². The lowest BCUT2D eigenvalue weighted by molar-refractivity contribution is -0.135. The Labute approximate surface area is 138 Å². The standard InChI is InChI=1S/C19H26N2O2/c1-14-7-8-15(2)17(11-14)21-13-16(12-18(21)22)19(23)20-9-5-3-4-6-10-20/h7-8,11,16H,3-6,9-10,12-13H2,1-2H3. The molecule has 0 spiro atoms. The highest BCUT2D eigenvalue weighted by atomic mass is 16.2. The predicted octanol–water partition coefficient (Wildman–Crippen LogP) is 3.06. The van der Waals surface area contributed by atoms with Gasteiger partial charge in [0, 0.05) is 31.7 Å². The fraction of sp³-hybridized carbons (Fsp3) is 0.579. The summed E-state index contributed by atoms with van der Waals surface area (Å²) in [5.41, 5.74) is 3.19. The van der Waals surface area contributed by atoms with Crippen LogP contribution in [0.4, 0.5) is 5.69 Å². The van der Waals surface area contributed by atoms with Gasteiger partial charge in [-0.3, -0.25) is 9.59 Å². The average Bonchev–Trinajstić information content (AvgIpc) is 2.75. The summed E-state index contributed by atoms with van der Waals surface area (Å²) in [5.74, 6) is 0.0699. The van der Waals surface area contributed by atoms with Crippen molar-refractivity contribution in [2.45, 2.75) is 46.0 Å². The van der Waals surface area contributed by atoms with Gasteiger partial charge in [-0.2, -0.15) is 0 Å². The maximum absolute atomic E-state index is 12.8. The largest absolute Gasteiger partial charge is 0.342 e. The van der Waals surface area contributed by atoms with Crippen LogP contribution in [0, 0.1) is 19.8 Å². The predicted molar refractivity (Wildman–Crippen MR) is 91.4 cm³/mol. The minimum Gasteiger partial charge on any atom is -0.342 e. The molecule has 3 rings (SSSR count). The number of amides is 2. The highest BCUT2D eigenvalue weighted by Gasteiger charge is 2.37. The number of carbonyl (C=O) groups is 2. The van der Waals surface area contributed by atoms with Gasteiger partial charge in [0.1, 0.15) is 0 Å². The van der Waals surface area contributed by atoms with Crippen LogP contribution in [0.15, 0.2) is 18.2 Å². The molecule has 2 aliphatic heterocycles. The van der Waals surface area contributed by atoms with Crippen LogP contribution in [-0.2, 0) is 9.59 Å². The van der Waals surface area contributed by atoms with Crippen molar-refractivity contribution < 1.29 is 9.59 Å². The first-order valence-corrected chi connectivity index (χ1v) is 8.72. The summed E-state index contributed by atoms with van der Waals surface area (Å²) >= 11 is 0. The van der Waals surface area contributed by atoms with Crippen molar-refractivity contribution in [3.05, 3.63) is 29.3 Å². The first kappa shape index (κ1) is 16.0. The van der Waals surface area contributed by atoms with Gasteiger partial charge in [0.25, 0.3) is 0 Å². The molecule has 2 heterocycles. The number of nitrogens with zero attached hydrogens (tertiary/aromatic N) is 2. The zero-order valence-corrected chi connectivity index (χ0v) is 14.2. The Balaban J connectivity index is 1.74. The van der Waals surface area contributed by atoms with Crippen LogP contribution in [0.3, 0.4) is 0 Å². The second-order valence-corrected chi connectivity index (χ2v) is 6.93. The first-order valence-electron chi connectivity index (χ1n) is 8.72. The topological polar surface area (TPSA) is 40.6 Å². The lowest BCUT2D eigenvalue weighted by Gasteiger charge is -2.24. The number of carbonyl (C=O) groups excluding carboxylic acids is 2. The zero-order chi connectivity index (χ0) is 16.4. The van der Waals surface area contributed by atoms with Gasteiger partial charge in [0.15, 0.2) is 0 Å². The van der Waals surface area contributed by atoms with Crippen molar-refractivity contribution in [3.63, 3.8) is 0 Å². The van der Waals surface area contributed by atoms with Crippen LogP contribution in [0.25, 0.3) is 0 Å². The number of aryl methyl sites for hydroxylation is 2. The molecule has 1 atom stereocenters. The Kier molecular flexibility index (Phi) is 4.69. The van der Waals surface area contributed by atoms with E-state index < -0.39 is 0 Å². The SMILES string of the molecule is Cc1ccc(C)c(N2CC(C(=O)N3CCCCCC3)CC2=O)c1. The van der Waals surface area contributed by atoms with Crippen LogP contribution < -0.4 is 4.90 Å². The maximum Gasteiger partial charge on any atom is 0.228 e. The number of benzene rings is 1. The van der Waals surface area contributed by atoms with Gasteiger partial charge in [0.2, 0.25) is 11.8 Å². The zero-order valence-electron chi connectivity index (χ0n) is 14.2. The van der Waals surface area contributed by atoms with E-state index in [1.165, 1.54) is 12.8 Å². The fourth-order valence-corrected chi connectivity index (χ4v) is 3.67. The molecular formula is C19H26N2O2. The number of likely N-dealkylation sites (tertiary alicyclic amines) is 1. The van der Waals surface area contributed by atoms with Crippen molar-refractivity contribution in [2.75, 3.05) is 24.5 Å². The van der Waals surface area contributed by atoms with Crippen LogP contribution in [0.5, 0.6) is 0 Å². The maximum atomic E-state index is 12.8. The number of hydrogen-bond acceptors (Lipinski definition) is 2. The third-order valence-corrected chi connectivity index (χ3v) is 5.05. The molecule has 2 saturated heterocycles. The van der Waals surface area contributed by atoms with Crippen molar-refractivity contribution in [2.24, 2.45) is 5.92 Å². The van der Waals surface area contributed by atoms with Gasteiger partial charge < -0.3 is 9.80 Å². The summed E-state index contributed by atoms with van der Waals surface area (Å²) in [4.78, 5) is 29.0. The molecule has 1 aromatic carbocycles. The van der Waals surface area contributed by atoms with Crippen molar-refractivity contribution in [1.82, 2.24) is 4.90 Å². The quantitative estimate of drug-likeness (QED) is 0.842. The van der Waals surface area contributed by atoms with Gasteiger partial charge in [0.05, 0.1) is 5.92 Å². The Hall–Kier alpha value is -1.84. The molecule has 2 amide bonds. The van der Waals surface area contributed by atoms with E-state index in [9.17, 15) is 9.59 Å². The smallest absolute Gasteiger partial charge is 0.228 e. The van der Waals surface area contributed by atoms with Crippen LogP contribution in [0.1, 0.15) is 43.2 Å². The molecule has 0 bridgehead atoms. The summed E-state index contributed by atoms with van der Waals surface area (Å²) in [6, 6.07) is 6.15. The average molecular weight is 314 g/mol. The molecule has 2 fully saturated rings. The van der Waals surface area contributed by atoms with Crippen molar-refractivity contribution in [1.29, 1.82) is 0 Å². The van der Waals surface area contributed by atoms with Crippen LogP contribution in [-0.4, -0.2) is 36.3 Å². The Morgan fingerprint density at radius 3 is 2.48 bits per heavy atom. The normalized spacial score (nSPS) is 22.3. The molecule has 2 aliphatic rings. The number of hydrogen-bond donors (Lipinski definition) is 0. The molecule has 0 saturated carbocycles. The molecule has 0 aliphatic carbocycles. The molecule has 1 unspecified atom stereocenters. The lowest BCUT2D eigenvalue weighted by Crippen LogP contribution is -2.38. The molecular weight excluding hydrogens is 288 g/mol. The Morgan fingerprint density at radius 1 is 1.09 bits per heavy atom. The summed E-state index contributed by atoms with van der Waals surface area (Å²) in [5, 5.41) is 0. The minimum atomic E-state index is -0.180. The molecule has 0 aromatic heterocycles. The Bertz CT molecular complexity index is 603. The van der Waals surface area contributed by atoms with Crippen LogP contribution in [0.2, 0.25) is 0 Å². The molecule has 1 aromatic rings. The van der Waals surface area contributed by atoms with Crippen molar-refractivity contribution in [3.8, 4) is 0 Å². The van der Waals surface area contributed by atoms with E-state index in [1.807, 2.05) is 35.8 Å². The highest BCUT2D eigenvalue weighted by Crippen LogP contribution is 2.30. The number of rotatable bonds is 2. The first-order chi connectivity index (χ1) is 11.1. The van der Waals surface area contributed by atoms with E-state index in [2.05, 4.69) is 6.07 Å². The van der Waals surface area contributed by atoms with E-state index in [0.717, 1.165) is 42.7 Å². The third-order valence-electron chi connectivity index (χ3n) is 5.05. The van der Waals surface area contributed by atoms with Gasteiger partial charge in [-0.25, -0.2) is 0 Å². The molecule has 23 heavy (non-hydrogen) atoms. The molecule has 4 nitrogen and oxygen atoms in total. The third kappa shape index (κ3) is 3.41. The molecule has 4 heteroatoms. The highest BCUT2D eigenvalue weighted by molar-refractivity contribution is 6.00. The van der Waals surface area contributed by atoms with Crippen LogP contribution >= 0.6 is 0 Å². The summed E-state index contributed by atoms with van der Waals surface area (Å²) in [6.07, 6.45) is 4.95. The van der Waals surface area contributed by atoms with Gasteiger partial charge >= 0.3 is 0 Å². The summed E-state index contributed by atoms with van der Waals surface area (Å²) < 4.78 is 0. The fourth-order valence-electron chi connectivity index (χ4n) is 3.67. The van der Waals surface area contributed by atoms with Gasteiger partial charge in [-0.05, 0) is 43.9 Å². The minimum absolute atomic E-state index is 0.0758. The monoisotopic (exact) mass is 314 g/mol. The second kappa shape index (κ2) is 6.73. The summed E-state index contributed by atoms with van der Waals surface area (Å²) in [6.45, 7) is 6.29. The van der Waals surface area contributed by atoms with Crippen molar-refractivity contribution >= 4 is 17.5 Å². The van der Waals surface area contributed by atoms with E-state index >= 15 is 0 Å². The van der Waals surface area contributed by atoms with E-state index in [0.29, 0.717) is 13.0 Å². The molecule has 124 valence electrons.